The number of hydrogen-bond acceptors (Lipinski definition) is 6. The Morgan fingerprint density at radius 3 is 2.41 bits per heavy atom. The molecule has 1 aromatic carbocycles. The molecule has 27 heavy (non-hydrogen) atoms. The minimum atomic E-state index is -2.91. The topological polar surface area (TPSA) is 65.5 Å². The van der Waals surface area contributed by atoms with Gasteiger partial charge in [0.15, 0.2) is 5.82 Å². The maximum Gasteiger partial charge on any atom is 0.387 e. The average Bonchev–Trinajstić information content (AvgIpc) is 2.65. The Labute approximate surface area is 165 Å². The highest BCUT2D eigenvalue weighted by molar-refractivity contribution is 9.10. The number of nitrogens with one attached hydrogen (secondary N) is 1. The first-order chi connectivity index (χ1) is 12.9. The van der Waals surface area contributed by atoms with Crippen molar-refractivity contribution in [2.24, 2.45) is 0 Å². The molecule has 0 saturated carbocycles. The molecule has 1 heterocycles. The Balaban J connectivity index is 2.46. The number of anilines is 1. The number of ether oxygens (including phenoxy) is 3. The zero-order valence-electron chi connectivity index (χ0n) is 15.6. The number of methoxy groups -OCH3 is 1. The van der Waals surface area contributed by atoms with Crippen molar-refractivity contribution in [3.05, 3.63) is 22.8 Å². The molecular formula is C18H22BrF2N3O3. The van der Waals surface area contributed by atoms with Crippen LogP contribution in [0.4, 0.5) is 14.6 Å². The maximum atomic E-state index is 12.4. The van der Waals surface area contributed by atoms with E-state index in [-0.39, 0.29) is 11.9 Å². The van der Waals surface area contributed by atoms with Gasteiger partial charge in [-0.3, -0.25) is 0 Å². The number of nitrogens with zero attached hydrogens (tertiary/aromatic N) is 2. The number of aromatic nitrogens is 2. The summed E-state index contributed by atoms with van der Waals surface area (Å²) in [4.78, 5) is 9.03. The van der Waals surface area contributed by atoms with E-state index in [1.807, 2.05) is 13.8 Å². The molecule has 0 amide bonds. The Hall–Kier alpha value is -2.16. The molecule has 2 aromatic rings. The summed E-state index contributed by atoms with van der Waals surface area (Å²) >= 11 is 3.41. The Kier molecular flexibility index (Phi) is 7.58. The smallest absolute Gasteiger partial charge is 0.387 e. The summed E-state index contributed by atoms with van der Waals surface area (Å²) in [6, 6.07) is 4.39. The van der Waals surface area contributed by atoms with Gasteiger partial charge in [-0.25, -0.2) is 9.97 Å². The second-order valence-electron chi connectivity index (χ2n) is 5.56. The van der Waals surface area contributed by atoms with E-state index >= 15 is 0 Å². The molecule has 0 aliphatic heterocycles. The van der Waals surface area contributed by atoms with Crippen LogP contribution in [0.2, 0.25) is 0 Å². The molecule has 148 valence electrons. The molecule has 0 radical (unpaired) electrons. The third-order valence-corrected chi connectivity index (χ3v) is 4.45. The van der Waals surface area contributed by atoms with Crippen molar-refractivity contribution in [1.29, 1.82) is 0 Å². The van der Waals surface area contributed by atoms with Crippen molar-refractivity contribution in [3.63, 3.8) is 0 Å². The Bertz CT molecular complexity index is 774. The highest BCUT2D eigenvalue weighted by Crippen LogP contribution is 2.38. The van der Waals surface area contributed by atoms with Crippen molar-refractivity contribution in [2.75, 3.05) is 19.5 Å². The first-order valence-corrected chi connectivity index (χ1v) is 9.27. The van der Waals surface area contributed by atoms with E-state index in [0.717, 1.165) is 12.8 Å². The zero-order chi connectivity index (χ0) is 20.0. The quantitative estimate of drug-likeness (QED) is 0.577. The number of rotatable bonds is 9. The minimum Gasteiger partial charge on any atom is -0.496 e. The molecule has 0 atom stereocenters. The summed E-state index contributed by atoms with van der Waals surface area (Å²) in [7, 11) is 3.16. The van der Waals surface area contributed by atoms with E-state index in [2.05, 4.69) is 36.0 Å². The Morgan fingerprint density at radius 2 is 1.85 bits per heavy atom. The molecule has 1 aromatic heterocycles. The fraction of sp³-hybridized carbons (Fsp3) is 0.444. The van der Waals surface area contributed by atoms with Crippen LogP contribution in [0.15, 0.2) is 22.8 Å². The SMILES string of the molecule is CCC(CC)Oc1nc(Br)c(-c2ccc(OC(F)F)cc2OC)nc1NC. The number of hydrogen-bond donors (Lipinski definition) is 1. The predicted octanol–water partition coefficient (Wildman–Crippen LogP) is 5.13. The first-order valence-electron chi connectivity index (χ1n) is 8.48. The van der Waals surface area contributed by atoms with Crippen LogP contribution in [0.3, 0.4) is 0 Å². The van der Waals surface area contributed by atoms with Crippen molar-refractivity contribution >= 4 is 21.7 Å². The van der Waals surface area contributed by atoms with Gasteiger partial charge in [-0.05, 0) is 40.9 Å². The summed E-state index contributed by atoms with van der Waals surface area (Å²) in [5.74, 6) is 1.18. The zero-order valence-corrected chi connectivity index (χ0v) is 17.1. The van der Waals surface area contributed by atoms with Crippen LogP contribution in [0.25, 0.3) is 11.3 Å². The van der Waals surface area contributed by atoms with Gasteiger partial charge in [0.1, 0.15) is 27.9 Å². The summed E-state index contributed by atoms with van der Waals surface area (Å²) in [5.41, 5.74) is 1.06. The van der Waals surface area contributed by atoms with Gasteiger partial charge in [-0.2, -0.15) is 8.78 Å². The van der Waals surface area contributed by atoms with Crippen LogP contribution in [0, 0.1) is 0 Å². The highest BCUT2D eigenvalue weighted by atomic mass is 79.9. The molecule has 9 heteroatoms. The van der Waals surface area contributed by atoms with Gasteiger partial charge in [0, 0.05) is 18.7 Å². The summed E-state index contributed by atoms with van der Waals surface area (Å²) in [6.07, 6.45) is 1.73. The second kappa shape index (κ2) is 9.68. The van der Waals surface area contributed by atoms with Gasteiger partial charge in [0.25, 0.3) is 5.88 Å². The largest absolute Gasteiger partial charge is 0.496 e. The third kappa shape index (κ3) is 5.18. The van der Waals surface area contributed by atoms with Crippen LogP contribution in [0.5, 0.6) is 17.4 Å². The molecule has 0 spiro atoms. The molecule has 2 rings (SSSR count). The van der Waals surface area contributed by atoms with E-state index in [9.17, 15) is 8.78 Å². The van der Waals surface area contributed by atoms with Crippen molar-refractivity contribution in [2.45, 2.75) is 39.4 Å². The number of benzene rings is 1. The van der Waals surface area contributed by atoms with Crippen molar-refractivity contribution in [1.82, 2.24) is 9.97 Å². The van der Waals surface area contributed by atoms with Crippen LogP contribution in [-0.4, -0.2) is 36.8 Å². The van der Waals surface area contributed by atoms with Crippen LogP contribution >= 0.6 is 15.9 Å². The molecule has 0 fully saturated rings. The van der Waals surface area contributed by atoms with E-state index < -0.39 is 6.61 Å². The summed E-state index contributed by atoms with van der Waals surface area (Å²) in [6.45, 7) is 1.17. The molecule has 0 aliphatic rings. The van der Waals surface area contributed by atoms with E-state index in [1.54, 1.807) is 13.1 Å². The molecular weight excluding hydrogens is 424 g/mol. The van der Waals surface area contributed by atoms with Gasteiger partial charge in [0.05, 0.1) is 7.11 Å². The second-order valence-corrected chi connectivity index (χ2v) is 6.31. The van der Waals surface area contributed by atoms with Gasteiger partial charge in [0.2, 0.25) is 0 Å². The molecule has 1 N–H and O–H groups in total. The van der Waals surface area contributed by atoms with Crippen LogP contribution in [-0.2, 0) is 0 Å². The fourth-order valence-corrected chi connectivity index (χ4v) is 2.94. The maximum absolute atomic E-state index is 12.4. The molecule has 0 saturated heterocycles. The monoisotopic (exact) mass is 445 g/mol. The standard InChI is InChI=1S/C18H22BrF2N3O3/c1-5-10(6-2)26-17-16(22-3)23-14(15(19)24-17)12-8-7-11(27-18(20)21)9-13(12)25-4/h7-10,18H,5-6H2,1-4H3,(H,22,23). The van der Waals surface area contributed by atoms with Gasteiger partial charge >= 0.3 is 6.61 Å². The van der Waals surface area contributed by atoms with E-state index in [0.29, 0.717) is 33.3 Å². The van der Waals surface area contributed by atoms with Gasteiger partial charge in [-0.15, -0.1) is 0 Å². The summed E-state index contributed by atoms with van der Waals surface area (Å²) in [5, 5.41) is 2.98. The highest BCUT2D eigenvalue weighted by Gasteiger charge is 2.20. The third-order valence-electron chi connectivity index (χ3n) is 3.90. The van der Waals surface area contributed by atoms with Gasteiger partial charge < -0.3 is 19.5 Å². The normalized spacial score (nSPS) is 11.0. The van der Waals surface area contributed by atoms with Crippen LogP contribution in [0.1, 0.15) is 26.7 Å². The number of halogens is 3. The van der Waals surface area contributed by atoms with Gasteiger partial charge in [-0.1, -0.05) is 13.8 Å². The molecule has 0 bridgehead atoms. The average molecular weight is 446 g/mol. The number of alkyl halides is 2. The van der Waals surface area contributed by atoms with E-state index in [4.69, 9.17) is 9.47 Å². The molecule has 6 nitrogen and oxygen atoms in total. The predicted molar refractivity (Wildman–Crippen MR) is 103 cm³/mol. The van der Waals surface area contributed by atoms with Crippen molar-refractivity contribution in [3.8, 4) is 28.6 Å². The van der Waals surface area contributed by atoms with Crippen molar-refractivity contribution < 1.29 is 23.0 Å². The summed E-state index contributed by atoms with van der Waals surface area (Å²) < 4.78 is 41.0. The molecule has 0 unspecified atom stereocenters. The Morgan fingerprint density at radius 1 is 1.15 bits per heavy atom. The fourth-order valence-electron chi connectivity index (χ4n) is 2.47. The van der Waals surface area contributed by atoms with E-state index in [1.165, 1.54) is 19.2 Å². The lowest BCUT2D eigenvalue weighted by molar-refractivity contribution is -0.0499. The first kappa shape index (κ1) is 21.1. The lowest BCUT2D eigenvalue weighted by atomic mass is 10.1. The molecule has 0 aliphatic carbocycles. The minimum absolute atomic E-state index is 0.00258. The van der Waals surface area contributed by atoms with Crippen LogP contribution < -0.4 is 19.5 Å². The lowest BCUT2D eigenvalue weighted by Gasteiger charge is -2.18. The lowest BCUT2D eigenvalue weighted by Crippen LogP contribution is -2.16.